The van der Waals surface area contributed by atoms with Crippen LogP contribution < -0.4 is 5.32 Å². The van der Waals surface area contributed by atoms with Crippen LogP contribution in [0.2, 0.25) is 0 Å². The molecule has 0 saturated heterocycles. The molecular weight excluding hydrogens is 270 g/mol. The SMILES string of the molecule is COCCNCc1ccc(Sc2cnn(C)c2)cc1C. The van der Waals surface area contributed by atoms with Gasteiger partial charge in [-0.2, -0.15) is 5.10 Å². The molecule has 2 aromatic rings. The lowest BCUT2D eigenvalue weighted by Gasteiger charge is -2.09. The van der Waals surface area contributed by atoms with Gasteiger partial charge in [-0.3, -0.25) is 4.68 Å². The first kappa shape index (κ1) is 15.1. The van der Waals surface area contributed by atoms with Gasteiger partial charge in [0.15, 0.2) is 0 Å². The van der Waals surface area contributed by atoms with E-state index in [0.29, 0.717) is 0 Å². The van der Waals surface area contributed by atoms with Gasteiger partial charge in [-0.15, -0.1) is 0 Å². The first-order valence-electron chi connectivity index (χ1n) is 6.64. The smallest absolute Gasteiger partial charge is 0.0629 e. The third-order valence-corrected chi connectivity index (χ3v) is 3.97. The number of nitrogens with one attached hydrogen (secondary N) is 1. The number of benzene rings is 1. The molecule has 1 heterocycles. The molecule has 0 unspecified atom stereocenters. The van der Waals surface area contributed by atoms with Gasteiger partial charge in [-0.05, 0) is 30.2 Å². The van der Waals surface area contributed by atoms with Gasteiger partial charge in [0, 0.05) is 38.3 Å². The van der Waals surface area contributed by atoms with Crippen molar-refractivity contribution in [2.45, 2.75) is 23.3 Å². The zero-order chi connectivity index (χ0) is 14.4. The number of rotatable bonds is 7. The topological polar surface area (TPSA) is 39.1 Å². The highest BCUT2D eigenvalue weighted by Crippen LogP contribution is 2.28. The van der Waals surface area contributed by atoms with Crippen molar-refractivity contribution in [3.8, 4) is 0 Å². The summed E-state index contributed by atoms with van der Waals surface area (Å²) in [4.78, 5) is 2.41. The molecule has 0 atom stereocenters. The predicted octanol–water partition coefficient (Wildman–Crippen LogP) is 2.62. The summed E-state index contributed by atoms with van der Waals surface area (Å²) in [6.07, 6.45) is 3.92. The van der Waals surface area contributed by atoms with Crippen molar-refractivity contribution in [1.29, 1.82) is 0 Å². The summed E-state index contributed by atoms with van der Waals surface area (Å²) in [7, 11) is 3.65. The fourth-order valence-corrected chi connectivity index (χ4v) is 2.86. The molecule has 1 N–H and O–H groups in total. The Hall–Kier alpha value is -1.30. The molecule has 1 aromatic heterocycles. The molecule has 1 aromatic carbocycles. The van der Waals surface area contributed by atoms with Crippen molar-refractivity contribution in [3.63, 3.8) is 0 Å². The minimum Gasteiger partial charge on any atom is -0.383 e. The van der Waals surface area contributed by atoms with Crippen LogP contribution in [0.1, 0.15) is 11.1 Å². The van der Waals surface area contributed by atoms with E-state index in [-0.39, 0.29) is 0 Å². The van der Waals surface area contributed by atoms with Gasteiger partial charge in [0.25, 0.3) is 0 Å². The van der Waals surface area contributed by atoms with Crippen LogP contribution in [0.3, 0.4) is 0 Å². The maximum absolute atomic E-state index is 5.02. The van der Waals surface area contributed by atoms with Crippen LogP contribution in [-0.4, -0.2) is 30.0 Å². The Kier molecular flexibility index (Phi) is 5.64. The summed E-state index contributed by atoms with van der Waals surface area (Å²) >= 11 is 1.74. The fraction of sp³-hybridized carbons (Fsp3) is 0.400. The fourth-order valence-electron chi connectivity index (χ4n) is 1.92. The third-order valence-electron chi connectivity index (χ3n) is 3.03. The molecule has 0 amide bonds. The molecule has 0 aliphatic heterocycles. The molecule has 0 bridgehead atoms. The molecule has 20 heavy (non-hydrogen) atoms. The number of ether oxygens (including phenoxy) is 1. The zero-order valence-electron chi connectivity index (χ0n) is 12.2. The van der Waals surface area contributed by atoms with Crippen LogP contribution in [0.25, 0.3) is 0 Å². The highest BCUT2D eigenvalue weighted by atomic mass is 32.2. The molecule has 108 valence electrons. The monoisotopic (exact) mass is 291 g/mol. The normalized spacial score (nSPS) is 10.9. The third kappa shape index (κ3) is 4.37. The maximum atomic E-state index is 5.02. The van der Waals surface area contributed by atoms with E-state index in [2.05, 4.69) is 35.5 Å². The molecule has 0 fully saturated rings. The number of hydrogen-bond acceptors (Lipinski definition) is 4. The lowest BCUT2D eigenvalue weighted by molar-refractivity contribution is 0.199. The number of aryl methyl sites for hydroxylation is 2. The molecule has 0 spiro atoms. The first-order chi connectivity index (χ1) is 9.69. The maximum Gasteiger partial charge on any atom is 0.0629 e. The van der Waals surface area contributed by atoms with Gasteiger partial charge >= 0.3 is 0 Å². The van der Waals surface area contributed by atoms with Crippen LogP contribution in [0.5, 0.6) is 0 Å². The van der Waals surface area contributed by atoms with Crippen LogP contribution in [0, 0.1) is 6.92 Å². The van der Waals surface area contributed by atoms with E-state index in [0.717, 1.165) is 24.6 Å². The molecule has 5 heteroatoms. The second kappa shape index (κ2) is 7.47. The number of nitrogens with zero attached hydrogens (tertiary/aromatic N) is 2. The summed E-state index contributed by atoms with van der Waals surface area (Å²) in [5, 5.41) is 7.56. The summed E-state index contributed by atoms with van der Waals surface area (Å²) in [6.45, 7) is 4.66. The van der Waals surface area contributed by atoms with Crippen molar-refractivity contribution in [2.75, 3.05) is 20.3 Å². The summed E-state index contributed by atoms with van der Waals surface area (Å²) in [5.41, 5.74) is 2.64. The first-order valence-corrected chi connectivity index (χ1v) is 7.46. The Morgan fingerprint density at radius 2 is 2.20 bits per heavy atom. The number of methoxy groups -OCH3 is 1. The molecule has 0 aliphatic carbocycles. The summed E-state index contributed by atoms with van der Waals surface area (Å²) in [6, 6.07) is 6.58. The van der Waals surface area contributed by atoms with Gasteiger partial charge < -0.3 is 10.1 Å². The minimum absolute atomic E-state index is 0.744. The Balaban J connectivity index is 1.94. The predicted molar refractivity (Wildman–Crippen MR) is 82.1 cm³/mol. The quantitative estimate of drug-likeness (QED) is 0.796. The lowest BCUT2D eigenvalue weighted by atomic mass is 10.1. The second-order valence-corrected chi connectivity index (χ2v) is 5.86. The molecule has 0 radical (unpaired) electrons. The number of hydrogen-bond donors (Lipinski definition) is 1. The number of aromatic nitrogens is 2. The minimum atomic E-state index is 0.744. The second-order valence-electron chi connectivity index (χ2n) is 4.71. The van der Waals surface area contributed by atoms with Crippen LogP contribution in [-0.2, 0) is 18.3 Å². The van der Waals surface area contributed by atoms with E-state index in [1.807, 2.05) is 24.1 Å². The summed E-state index contributed by atoms with van der Waals surface area (Å²) in [5.74, 6) is 0. The molecule has 0 saturated carbocycles. The average Bonchev–Trinajstić information content (AvgIpc) is 2.82. The van der Waals surface area contributed by atoms with Crippen molar-refractivity contribution in [1.82, 2.24) is 15.1 Å². The Morgan fingerprint density at radius 3 is 2.85 bits per heavy atom. The Labute approximate surface area is 124 Å². The van der Waals surface area contributed by atoms with E-state index in [9.17, 15) is 0 Å². The van der Waals surface area contributed by atoms with Gasteiger partial charge in [0.2, 0.25) is 0 Å². The molecular formula is C15H21N3OS. The standard InChI is InChI=1S/C15H21N3OS/c1-12-8-14(20-15-10-17-18(2)11-15)5-4-13(12)9-16-6-7-19-3/h4-5,8,10-11,16H,6-7,9H2,1-3H3. The van der Waals surface area contributed by atoms with Crippen molar-refractivity contribution < 1.29 is 4.74 Å². The van der Waals surface area contributed by atoms with Crippen LogP contribution in [0.4, 0.5) is 0 Å². The van der Waals surface area contributed by atoms with Gasteiger partial charge in [-0.25, -0.2) is 0 Å². The van der Waals surface area contributed by atoms with Crippen molar-refractivity contribution >= 4 is 11.8 Å². The van der Waals surface area contributed by atoms with Crippen LogP contribution >= 0.6 is 11.8 Å². The Bertz CT molecular complexity index is 554. The van der Waals surface area contributed by atoms with Gasteiger partial charge in [0.1, 0.15) is 0 Å². The highest BCUT2D eigenvalue weighted by Gasteiger charge is 2.03. The van der Waals surface area contributed by atoms with Gasteiger partial charge in [0.05, 0.1) is 17.7 Å². The molecule has 4 nitrogen and oxygen atoms in total. The van der Waals surface area contributed by atoms with Crippen LogP contribution in [0.15, 0.2) is 40.4 Å². The summed E-state index contributed by atoms with van der Waals surface area (Å²) < 4.78 is 6.85. The Morgan fingerprint density at radius 1 is 1.35 bits per heavy atom. The lowest BCUT2D eigenvalue weighted by Crippen LogP contribution is -2.19. The van der Waals surface area contributed by atoms with Gasteiger partial charge in [-0.1, -0.05) is 17.8 Å². The average molecular weight is 291 g/mol. The van der Waals surface area contributed by atoms with Crippen molar-refractivity contribution in [2.24, 2.45) is 7.05 Å². The highest BCUT2D eigenvalue weighted by molar-refractivity contribution is 7.99. The van der Waals surface area contributed by atoms with Crippen molar-refractivity contribution in [3.05, 3.63) is 41.7 Å². The largest absolute Gasteiger partial charge is 0.383 e. The van der Waals surface area contributed by atoms with E-state index in [1.165, 1.54) is 16.0 Å². The van der Waals surface area contributed by atoms with E-state index in [1.54, 1.807) is 18.9 Å². The van der Waals surface area contributed by atoms with E-state index in [4.69, 9.17) is 4.74 Å². The van der Waals surface area contributed by atoms with E-state index < -0.39 is 0 Å². The van der Waals surface area contributed by atoms with E-state index >= 15 is 0 Å². The molecule has 0 aliphatic rings. The zero-order valence-corrected chi connectivity index (χ0v) is 13.0. The molecule has 2 rings (SSSR count).